The van der Waals surface area contributed by atoms with Gasteiger partial charge in [-0.05, 0) is 66.2 Å². The third-order valence-corrected chi connectivity index (χ3v) is 7.25. The zero-order chi connectivity index (χ0) is 25.5. The van der Waals surface area contributed by atoms with Crippen molar-refractivity contribution < 1.29 is 17.9 Å². The quantitative estimate of drug-likeness (QED) is 0.360. The van der Waals surface area contributed by atoms with Crippen molar-refractivity contribution in [1.82, 2.24) is 0 Å². The van der Waals surface area contributed by atoms with E-state index in [0.29, 0.717) is 28.3 Å². The summed E-state index contributed by atoms with van der Waals surface area (Å²) in [5, 5.41) is 11.8. The number of benzene rings is 4. The fraction of sp³-hybridized carbons (Fsp3) is 0.0714. The molecule has 0 fully saturated rings. The van der Waals surface area contributed by atoms with Crippen LogP contribution in [0.15, 0.2) is 108 Å². The van der Waals surface area contributed by atoms with E-state index in [-0.39, 0.29) is 17.4 Å². The monoisotopic (exact) mass is 497 g/mol. The van der Waals surface area contributed by atoms with Gasteiger partial charge in [0.15, 0.2) is 0 Å². The molecule has 0 saturated carbocycles. The zero-order valence-corrected chi connectivity index (χ0v) is 20.3. The Bertz CT molecular complexity index is 1510. The van der Waals surface area contributed by atoms with Gasteiger partial charge in [0.2, 0.25) is 0 Å². The molecule has 0 aliphatic rings. The summed E-state index contributed by atoms with van der Waals surface area (Å²) in [4.78, 5) is 12.8. The van der Waals surface area contributed by atoms with Crippen LogP contribution in [-0.4, -0.2) is 21.4 Å². The number of rotatable bonds is 8. The standard InChI is InChI=1S/C28H23N3O4S/c1-31(25-10-3-2-4-11-25)36(33,34)27-15-13-23(14-16-27)28(32)30-24-9-6-12-26(18-24)35-20-22-8-5-7-21(17-22)19-29/h2-18H,20H2,1H3,(H,30,32). The summed E-state index contributed by atoms with van der Waals surface area (Å²) in [5.41, 5.74) is 2.80. The van der Waals surface area contributed by atoms with Gasteiger partial charge in [-0.2, -0.15) is 5.26 Å². The van der Waals surface area contributed by atoms with Crippen LogP contribution in [-0.2, 0) is 16.6 Å². The topological polar surface area (TPSA) is 99.5 Å². The van der Waals surface area contributed by atoms with Crippen molar-refractivity contribution >= 4 is 27.3 Å². The molecule has 0 unspecified atom stereocenters. The molecule has 0 aliphatic carbocycles. The number of amides is 1. The number of nitriles is 1. The number of sulfonamides is 1. The lowest BCUT2D eigenvalue weighted by Gasteiger charge is -2.19. The third kappa shape index (κ3) is 5.71. The summed E-state index contributed by atoms with van der Waals surface area (Å²) in [5.74, 6) is 0.176. The van der Waals surface area contributed by atoms with Crippen molar-refractivity contribution in [1.29, 1.82) is 5.26 Å². The Labute approximate surface area is 210 Å². The number of ether oxygens (including phenoxy) is 1. The predicted octanol–water partition coefficient (Wildman–Crippen LogP) is 5.21. The van der Waals surface area contributed by atoms with Gasteiger partial charge in [-0.25, -0.2) is 8.42 Å². The van der Waals surface area contributed by atoms with Crippen molar-refractivity contribution in [2.75, 3.05) is 16.7 Å². The number of hydrogen-bond acceptors (Lipinski definition) is 5. The van der Waals surface area contributed by atoms with E-state index in [1.54, 1.807) is 66.7 Å². The molecule has 0 saturated heterocycles. The number of hydrogen-bond donors (Lipinski definition) is 1. The maximum Gasteiger partial charge on any atom is 0.264 e. The van der Waals surface area contributed by atoms with E-state index in [1.165, 1.54) is 35.6 Å². The summed E-state index contributed by atoms with van der Waals surface area (Å²) >= 11 is 0. The van der Waals surface area contributed by atoms with Gasteiger partial charge in [-0.3, -0.25) is 9.10 Å². The van der Waals surface area contributed by atoms with Crippen LogP contribution in [0.4, 0.5) is 11.4 Å². The lowest BCUT2D eigenvalue weighted by molar-refractivity contribution is 0.102. The van der Waals surface area contributed by atoms with Crippen LogP contribution >= 0.6 is 0 Å². The van der Waals surface area contributed by atoms with E-state index >= 15 is 0 Å². The van der Waals surface area contributed by atoms with Crippen molar-refractivity contribution in [2.45, 2.75) is 11.5 Å². The molecule has 1 amide bonds. The van der Waals surface area contributed by atoms with Gasteiger partial charge in [0.1, 0.15) is 12.4 Å². The number of carbonyl (C=O) groups excluding carboxylic acids is 1. The van der Waals surface area contributed by atoms with E-state index in [4.69, 9.17) is 10.00 Å². The smallest absolute Gasteiger partial charge is 0.264 e. The average Bonchev–Trinajstić information content (AvgIpc) is 2.92. The molecular formula is C28H23N3O4S. The highest BCUT2D eigenvalue weighted by Gasteiger charge is 2.21. The van der Waals surface area contributed by atoms with Crippen molar-refractivity contribution in [2.24, 2.45) is 0 Å². The Morgan fingerprint density at radius 2 is 1.64 bits per heavy atom. The molecule has 0 aromatic heterocycles. The minimum absolute atomic E-state index is 0.0845. The molecule has 0 spiro atoms. The van der Waals surface area contributed by atoms with Gasteiger partial charge in [0.25, 0.3) is 15.9 Å². The SMILES string of the molecule is CN(c1ccccc1)S(=O)(=O)c1ccc(C(=O)Nc2cccc(OCc3cccc(C#N)c3)c2)cc1. The second kappa shape index (κ2) is 10.8. The van der Waals surface area contributed by atoms with Crippen LogP contribution in [0.3, 0.4) is 0 Å². The number of carbonyl (C=O) groups is 1. The Hall–Kier alpha value is -4.61. The first-order chi connectivity index (χ1) is 17.4. The summed E-state index contributed by atoms with van der Waals surface area (Å²) in [6.07, 6.45) is 0. The lowest BCUT2D eigenvalue weighted by Crippen LogP contribution is -2.26. The van der Waals surface area contributed by atoms with Crippen molar-refractivity contribution in [3.63, 3.8) is 0 Å². The molecule has 1 N–H and O–H groups in total. The molecule has 8 heteroatoms. The molecule has 0 atom stereocenters. The second-order valence-corrected chi connectivity index (χ2v) is 9.88. The molecule has 0 radical (unpaired) electrons. The summed E-state index contributed by atoms with van der Waals surface area (Å²) < 4.78 is 32.9. The Morgan fingerprint density at radius 3 is 2.36 bits per heavy atom. The van der Waals surface area contributed by atoms with E-state index in [1.807, 2.05) is 12.1 Å². The first-order valence-corrected chi connectivity index (χ1v) is 12.5. The van der Waals surface area contributed by atoms with Crippen LogP contribution < -0.4 is 14.4 Å². The van der Waals surface area contributed by atoms with Crippen LogP contribution in [0, 0.1) is 11.3 Å². The fourth-order valence-electron chi connectivity index (χ4n) is 3.48. The normalized spacial score (nSPS) is 10.8. The molecule has 0 aliphatic heterocycles. The lowest BCUT2D eigenvalue weighted by atomic mass is 10.1. The van der Waals surface area contributed by atoms with Gasteiger partial charge in [0, 0.05) is 24.4 Å². The predicted molar refractivity (Wildman–Crippen MR) is 138 cm³/mol. The van der Waals surface area contributed by atoms with Gasteiger partial charge < -0.3 is 10.1 Å². The molecule has 0 heterocycles. The molecule has 0 bridgehead atoms. The van der Waals surface area contributed by atoms with Gasteiger partial charge in [-0.15, -0.1) is 0 Å². The van der Waals surface area contributed by atoms with E-state index in [9.17, 15) is 13.2 Å². The highest BCUT2D eigenvalue weighted by Crippen LogP contribution is 2.23. The average molecular weight is 498 g/mol. The van der Waals surface area contributed by atoms with E-state index in [0.717, 1.165) is 5.56 Å². The molecular weight excluding hydrogens is 474 g/mol. The molecule has 180 valence electrons. The largest absolute Gasteiger partial charge is 0.489 e. The molecule has 7 nitrogen and oxygen atoms in total. The number of para-hydroxylation sites is 1. The molecule has 4 rings (SSSR count). The summed E-state index contributed by atoms with van der Waals surface area (Å²) in [6, 6.07) is 30.7. The Kier molecular flexibility index (Phi) is 7.33. The Morgan fingerprint density at radius 1 is 0.917 bits per heavy atom. The maximum absolute atomic E-state index is 12.9. The summed E-state index contributed by atoms with van der Waals surface area (Å²) in [6.45, 7) is 0.278. The zero-order valence-electron chi connectivity index (χ0n) is 19.5. The maximum atomic E-state index is 12.9. The molecule has 36 heavy (non-hydrogen) atoms. The van der Waals surface area contributed by atoms with Crippen molar-refractivity contribution in [3.05, 3.63) is 120 Å². The van der Waals surface area contributed by atoms with Crippen LogP contribution in [0.5, 0.6) is 5.75 Å². The van der Waals surface area contributed by atoms with Crippen LogP contribution in [0.1, 0.15) is 21.5 Å². The van der Waals surface area contributed by atoms with Crippen LogP contribution in [0.25, 0.3) is 0 Å². The highest BCUT2D eigenvalue weighted by molar-refractivity contribution is 7.92. The second-order valence-electron chi connectivity index (χ2n) is 7.92. The minimum atomic E-state index is -3.77. The summed E-state index contributed by atoms with van der Waals surface area (Å²) in [7, 11) is -2.28. The number of anilines is 2. The van der Waals surface area contributed by atoms with Gasteiger partial charge in [0.05, 0.1) is 22.2 Å². The van der Waals surface area contributed by atoms with Crippen LogP contribution in [0.2, 0.25) is 0 Å². The number of nitrogens with one attached hydrogen (secondary N) is 1. The molecule has 4 aromatic rings. The van der Waals surface area contributed by atoms with Gasteiger partial charge in [-0.1, -0.05) is 36.4 Å². The molecule has 4 aromatic carbocycles. The first kappa shape index (κ1) is 24.5. The Balaban J connectivity index is 1.41. The van der Waals surface area contributed by atoms with E-state index < -0.39 is 10.0 Å². The highest BCUT2D eigenvalue weighted by atomic mass is 32.2. The first-order valence-electron chi connectivity index (χ1n) is 11.0. The fourth-order valence-corrected chi connectivity index (χ4v) is 4.67. The third-order valence-electron chi connectivity index (χ3n) is 5.45. The van der Waals surface area contributed by atoms with E-state index in [2.05, 4.69) is 11.4 Å². The number of nitrogens with zero attached hydrogens (tertiary/aromatic N) is 2. The minimum Gasteiger partial charge on any atom is -0.489 e. The van der Waals surface area contributed by atoms with Gasteiger partial charge >= 0.3 is 0 Å². The van der Waals surface area contributed by atoms with Crippen molar-refractivity contribution in [3.8, 4) is 11.8 Å².